The minimum Gasteiger partial charge on any atom is -0.444 e. The Morgan fingerprint density at radius 3 is 2.95 bits per heavy atom. The second-order valence-electron chi connectivity index (χ2n) is 4.37. The minimum atomic E-state index is 0.696. The SMILES string of the molecule is c1ccc(CCNCc2coc(-c3cccs3)n2)nc1. The van der Waals surface area contributed by atoms with Crippen LogP contribution in [0.1, 0.15) is 11.4 Å². The summed E-state index contributed by atoms with van der Waals surface area (Å²) < 4.78 is 5.47. The van der Waals surface area contributed by atoms with Crippen LogP contribution in [0.3, 0.4) is 0 Å². The Hall–Kier alpha value is -1.98. The van der Waals surface area contributed by atoms with E-state index in [1.807, 2.05) is 41.9 Å². The summed E-state index contributed by atoms with van der Waals surface area (Å²) in [6.07, 6.45) is 4.44. The van der Waals surface area contributed by atoms with Crippen LogP contribution in [0.2, 0.25) is 0 Å². The fraction of sp³-hybridized carbons (Fsp3) is 0.200. The van der Waals surface area contributed by atoms with Crippen LogP contribution in [0.25, 0.3) is 10.8 Å². The van der Waals surface area contributed by atoms with Gasteiger partial charge < -0.3 is 9.73 Å². The van der Waals surface area contributed by atoms with E-state index in [4.69, 9.17) is 4.42 Å². The summed E-state index contributed by atoms with van der Waals surface area (Å²) in [6, 6.07) is 9.97. The second kappa shape index (κ2) is 6.45. The number of nitrogens with one attached hydrogen (secondary N) is 1. The van der Waals surface area contributed by atoms with Crippen LogP contribution >= 0.6 is 11.3 Å². The first kappa shape index (κ1) is 13.0. The smallest absolute Gasteiger partial charge is 0.236 e. The van der Waals surface area contributed by atoms with Gasteiger partial charge in [0, 0.05) is 31.4 Å². The maximum Gasteiger partial charge on any atom is 0.236 e. The van der Waals surface area contributed by atoms with Crippen LogP contribution in [0.4, 0.5) is 0 Å². The van der Waals surface area contributed by atoms with Crippen molar-refractivity contribution in [2.24, 2.45) is 0 Å². The Bertz CT molecular complexity index is 634. The number of hydrogen-bond acceptors (Lipinski definition) is 5. The molecule has 3 aromatic heterocycles. The first-order valence-electron chi connectivity index (χ1n) is 6.51. The highest BCUT2D eigenvalue weighted by molar-refractivity contribution is 7.13. The highest BCUT2D eigenvalue weighted by Gasteiger charge is 2.06. The van der Waals surface area contributed by atoms with Crippen LogP contribution in [0, 0.1) is 0 Å². The molecule has 3 rings (SSSR count). The summed E-state index contributed by atoms with van der Waals surface area (Å²) in [5.74, 6) is 0.696. The van der Waals surface area contributed by atoms with E-state index in [0.29, 0.717) is 12.4 Å². The zero-order valence-corrected chi connectivity index (χ0v) is 11.8. The quantitative estimate of drug-likeness (QED) is 0.707. The monoisotopic (exact) mass is 285 g/mol. The molecule has 0 saturated heterocycles. The molecule has 0 amide bonds. The summed E-state index contributed by atoms with van der Waals surface area (Å²) in [7, 11) is 0. The van der Waals surface area contributed by atoms with Gasteiger partial charge >= 0.3 is 0 Å². The fourth-order valence-electron chi connectivity index (χ4n) is 1.88. The van der Waals surface area contributed by atoms with E-state index in [0.717, 1.165) is 29.2 Å². The maximum atomic E-state index is 5.47. The van der Waals surface area contributed by atoms with Gasteiger partial charge in [0.25, 0.3) is 0 Å². The molecule has 0 aliphatic carbocycles. The Balaban J connectivity index is 1.47. The Morgan fingerprint density at radius 2 is 2.15 bits per heavy atom. The van der Waals surface area contributed by atoms with Crippen molar-refractivity contribution in [1.29, 1.82) is 0 Å². The number of hydrogen-bond donors (Lipinski definition) is 1. The summed E-state index contributed by atoms with van der Waals surface area (Å²) in [6.45, 7) is 1.58. The van der Waals surface area contributed by atoms with Gasteiger partial charge in [-0.2, -0.15) is 0 Å². The van der Waals surface area contributed by atoms with Crippen molar-refractivity contribution >= 4 is 11.3 Å². The third-order valence-electron chi connectivity index (χ3n) is 2.87. The van der Waals surface area contributed by atoms with Gasteiger partial charge in [-0.3, -0.25) is 4.98 Å². The van der Waals surface area contributed by atoms with E-state index in [2.05, 4.69) is 15.3 Å². The van der Waals surface area contributed by atoms with Crippen molar-refractivity contribution in [3.05, 3.63) is 59.6 Å². The predicted octanol–water partition coefficient (Wildman–Crippen LogP) is 3.13. The molecule has 3 aromatic rings. The van der Waals surface area contributed by atoms with E-state index in [-0.39, 0.29) is 0 Å². The van der Waals surface area contributed by atoms with Crippen LogP contribution in [-0.2, 0) is 13.0 Å². The molecule has 0 aliphatic rings. The molecule has 0 atom stereocenters. The number of aromatic nitrogens is 2. The molecule has 20 heavy (non-hydrogen) atoms. The molecule has 0 bridgehead atoms. The van der Waals surface area contributed by atoms with Crippen LogP contribution in [-0.4, -0.2) is 16.5 Å². The van der Waals surface area contributed by atoms with Crippen molar-refractivity contribution in [3.8, 4) is 10.8 Å². The summed E-state index contributed by atoms with van der Waals surface area (Å²) >= 11 is 1.63. The predicted molar refractivity (Wildman–Crippen MR) is 79.5 cm³/mol. The van der Waals surface area contributed by atoms with Gasteiger partial charge in [-0.25, -0.2) is 4.98 Å². The van der Waals surface area contributed by atoms with E-state index >= 15 is 0 Å². The fourth-order valence-corrected chi connectivity index (χ4v) is 2.54. The molecule has 0 unspecified atom stereocenters. The Morgan fingerprint density at radius 1 is 1.15 bits per heavy atom. The van der Waals surface area contributed by atoms with Gasteiger partial charge in [0.15, 0.2) is 0 Å². The molecular formula is C15H15N3OS. The topological polar surface area (TPSA) is 51.0 Å². The summed E-state index contributed by atoms with van der Waals surface area (Å²) in [5.41, 5.74) is 2.02. The van der Waals surface area contributed by atoms with Crippen molar-refractivity contribution in [1.82, 2.24) is 15.3 Å². The number of pyridine rings is 1. The molecular weight excluding hydrogens is 270 g/mol. The van der Waals surface area contributed by atoms with Gasteiger partial charge in [0.05, 0.1) is 10.6 Å². The number of thiophene rings is 1. The Labute approximate surface area is 121 Å². The molecule has 102 valence electrons. The Kier molecular flexibility index (Phi) is 4.20. The van der Waals surface area contributed by atoms with E-state index < -0.39 is 0 Å². The molecule has 4 nitrogen and oxygen atoms in total. The van der Waals surface area contributed by atoms with Gasteiger partial charge in [0.2, 0.25) is 5.89 Å². The molecule has 0 aromatic carbocycles. The largest absolute Gasteiger partial charge is 0.444 e. The highest BCUT2D eigenvalue weighted by atomic mass is 32.1. The van der Waals surface area contributed by atoms with E-state index in [1.165, 1.54) is 0 Å². The van der Waals surface area contributed by atoms with E-state index in [1.54, 1.807) is 17.6 Å². The number of rotatable bonds is 6. The normalized spacial score (nSPS) is 10.8. The summed E-state index contributed by atoms with van der Waals surface area (Å²) in [5, 5.41) is 5.37. The first-order chi connectivity index (χ1) is 9.92. The maximum absolute atomic E-state index is 5.47. The average Bonchev–Trinajstić information content (AvgIpc) is 3.15. The van der Waals surface area contributed by atoms with Crippen LogP contribution < -0.4 is 5.32 Å². The van der Waals surface area contributed by atoms with Crippen LogP contribution in [0.15, 0.2) is 52.6 Å². The molecule has 0 spiro atoms. The first-order valence-corrected chi connectivity index (χ1v) is 7.39. The zero-order chi connectivity index (χ0) is 13.6. The van der Waals surface area contributed by atoms with Crippen molar-refractivity contribution in [2.45, 2.75) is 13.0 Å². The lowest BCUT2D eigenvalue weighted by molar-refractivity contribution is 0.571. The van der Waals surface area contributed by atoms with Crippen molar-refractivity contribution in [3.63, 3.8) is 0 Å². The lowest BCUT2D eigenvalue weighted by atomic mass is 10.3. The molecule has 3 heterocycles. The second-order valence-corrected chi connectivity index (χ2v) is 5.32. The molecule has 0 saturated carbocycles. The lowest BCUT2D eigenvalue weighted by Gasteiger charge is -2.01. The van der Waals surface area contributed by atoms with Crippen molar-refractivity contribution < 1.29 is 4.42 Å². The third kappa shape index (κ3) is 3.31. The molecule has 5 heteroatoms. The average molecular weight is 285 g/mol. The summed E-state index contributed by atoms with van der Waals surface area (Å²) in [4.78, 5) is 9.81. The number of nitrogens with zero attached hydrogens (tertiary/aromatic N) is 2. The van der Waals surface area contributed by atoms with Gasteiger partial charge in [-0.05, 0) is 23.6 Å². The van der Waals surface area contributed by atoms with Gasteiger partial charge in [0.1, 0.15) is 6.26 Å². The van der Waals surface area contributed by atoms with Gasteiger partial charge in [-0.1, -0.05) is 12.1 Å². The zero-order valence-electron chi connectivity index (χ0n) is 11.0. The number of oxazole rings is 1. The molecule has 0 radical (unpaired) electrons. The molecule has 1 N–H and O–H groups in total. The highest BCUT2D eigenvalue weighted by Crippen LogP contribution is 2.23. The minimum absolute atomic E-state index is 0.696. The lowest BCUT2D eigenvalue weighted by Crippen LogP contribution is -2.17. The standard InChI is InChI=1S/C15H15N3OS/c1-2-7-17-12(4-1)6-8-16-10-13-11-19-15(18-13)14-5-3-9-20-14/h1-5,7,9,11,16H,6,8,10H2. The molecule has 0 aliphatic heterocycles. The third-order valence-corrected chi connectivity index (χ3v) is 3.73. The van der Waals surface area contributed by atoms with Gasteiger partial charge in [-0.15, -0.1) is 11.3 Å². The van der Waals surface area contributed by atoms with Crippen LogP contribution in [0.5, 0.6) is 0 Å². The van der Waals surface area contributed by atoms with E-state index in [9.17, 15) is 0 Å². The van der Waals surface area contributed by atoms with Crippen molar-refractivity contribution in [2.75, 3.05) is 6.54 Å². The molecule has 0 fully saturated rings.